The quantitative estimate of drug-likeness (QED) is 0.340. The van der Waals surface area contributed by atoms with Crippen molar-refractivity contribution < 1.29 is 9.32 Å². The molecular weight excluding hydrogens is 462 g/mol. The molecule has 0 saturated carbocycles. The third kappa shape index (κ3) is 5.37. The first kappa shape index (κ1) is 20.4. The van der Waals surface area contributed by atoms with Gasteiger partial charge in [-0.15, -0.1) is 0 Å². The Balaban J connectivity index is 1.36. The van der Waals surface area contributed by atoms with E-state index in [0.717, 1.165) is 25.5 Å². The lowest BCUT2D eigenvalue weighted by atomic mass is 10.2. The van der Waals surface area contributed by atoms with Gasteiger partial charge in [0.2, 0.25) is 17.6 Å². The third-order valence-corrected chi connectivity index (χ3v) is 5.88. The van der Waals surface area contributed by atoms with Crippen LogP contribution >= 0.6 is 27.7 Å². The van der Waals surface area contributed by atoms with Crippen molar-refractivity contribution >= 4 is 39.3 Å². The average molecular weight is 480 g/mol. The molecule has 4 aromatic rings. The lowest BCUT2D eigenvalue weighted by Gasteiger charge is -2.10. The minimum Gasteiger partial charge on any atom is -0.339 e. The Labute approximate surface area is 187 Å². The van der Waals surface area contributed by atoms with Crippen molar-refractivity contribution in [2.45, 2.75) is 22.6 Å². The molecule has 0 aliphatic heterocycles. The van der Waals surface area contributed by atoms with Gasteiger partial charge in [0.1, 0.15) is 0 Å². The molecule has 4 rings (SSSR count). The summed E-state index contributed by atoms with van der Waals surface area (Å²) in [5.41, 5.74) is 1.65. The maximum atomic E-state index is 12.5. The van der Waals surface area contributed by atoms with Crippen LogP contribution in [0.1, 0.15) is 12.3 Å². The minimum absolute atomic E-state index is 0.0977. The second kappa shape index (κ2) is 9.73. The number of nitrogens with zero attached hydrogens (tertiary/aromatic N) is 2. The van der Waals surface area contributed by atoms with Gasteiger partial charge in [-0.3, -0.25) is 4.79 Å². The van der Waals surface area contributed by atoms with Gasteiger partial charge in [-0.2, -0.15) is 4.98 Å². The molecule has 0 radical (unpaired) electrons. The smallest absolute Gasteiger partial charge is 0.227 e. The molecular formula is C23H18BrN3O2S. The predicted octanol–water partition coefficient (Wildman–Crippen LogP) is 6.22. The molecule has 0 aliphatic rings. The number of hydrogen-bond donors (Lipinski definition) is 1. The molecule has 0 fully saturated rings. The van der Waals surface area contributed by atoms with Crippen LogP contribution in [0.15, 0.2) is 97.6 Å². The first-order chi connectivity index (χ1) is 14.7. The van der Waals surface area contributed by atoms with E-state index in [1.54, 1.807) is 11.8 Å². The third-order valence-electron chi connectivity index (χ3n) is 4.27. The molecule has 3 aromatic carbocycles. The van der Waals surface area contributed by atoms with Gasteiger partial charge >= 0.3 is 0 Å². The van der Waals surface area contributed by atoms with Crippen LogP contribution in [0.3, 0.4) is 0 Å². The van der Waals surface area contributed by atoms with Gasteiger partial charge in [-0.25, -0.2) is 0 Å². The lowest BCUT2D eigenvalue weighted by Crippen LogP contribution is -2.13. The van der Waals surface area contributed by atoms with Gasteiger partial charge in [-0.1, -0.05) is 63.2 Å². The van der Waals surface area contributed by atoms with E-state index < -0.39 is 0 Å². The molecule has 7 heteroatoms. The van der Waals surface area contributed by atoms with Gasteiger partial charge in [0.25, 0.3) is 0 Å². The summed E-state index contributed by atoms with van der Waals surface area (Å²) in [4.78, 5) is 19.0. The Kier molecular flexibility index (Phi) is 6.61. The second-order valence-electron chi connectivity index (χ2n) is 6.48. The number of halogens is 1. The van der Waals surface area contributed by atoms with Crippen LogP contribution in [0.25, 0.3) is 11.4 Å². The summed E-state index contributed by atoms with van der Waals surface area (Å²) in [6.45, 7) is 0. The van der Waals surface area contributed by atoms with Crippen molar-refractivity contribution in [1.29, 1.82) is 0 Å². The number of carbonyl (C=O) groups is 1. The van der Waals surface area contributed by atoms with Gasteiger partial charge in [-0.05, 0) is 48.5 Å². The highest BCUT2D eigenvalue weighted by atomic mass is 79.9. The van der Waals surface area contributed by atoms with Gasteiger partial charge < -0.3 is 9.84 Å². The van der Waals surface area contributed by atoms with Crippen molar-refractivity contribution in [1.82, 2.24) is 10.1 Å². The maximum absolute atomic E-state index is 12.5. The molecule has 0 bridgehead atoms. The highest BCUT2D eigenvalue weighted by molar-refractivity contribution is 9.10. The van der Waals surface area contributed by atoms with E-state index in [9.17, 15) is 4.79 Å². The fraction of sp³-hybridized carbons (Fsp3) is 0.0870. The Morgan fingerprint density at radius 1 is 0.967 bits per heavy atom. The van der Waals surface area contributed by atoms with E-state index >= 15 is 0 Å². The topological polar surface area (TPSA) is 68.0 Å². The van der Waals surface area contributed by atoms with E-state index in [2.05, 4.69) is 31.4 Å². The normalized spacial score (nSPS) is 10.7. The van der Waals surface area contributed by atoms with Gasteiger partial charge in [0.05, 0.1) is 5.69 Å². The number of rotatable bonds is 7. The zero-order valence-electron chi connectivity index (χ0n) is 15.9. The monoisotopic (exact) mass is 479 g/mol. The van der Waals surface area contributed by atoms with Gasteiger partial charge in [0.15, 0.2) is 0 Å². The number of anilines is 1. The van der Waals surface area contributed by atoms with Crippen molar-refractivity contribution in [2.24, 2.45) is 0 Å². The van der Waals surface area contributed by atoms with E-state index in [4.69, 9.17) is 4.52 Å². The van der Waals surface area contributed by atoms with E-state index in [1.165, 1.54) is 0 Å². The Bertz CT molecular complexity index is 1130. The largest absolute Gasteiger partial charge is 0.339 e. The van der Waals surface area contributed by atoms with E-state index in [-0.39, 0.29) is 12.3 Å². The highest BCUT2D eigenvalue weighted by Crippen LogP contribution is 2.33. The number of hydrogen-bond acceptors (Lipinski definition) is 5. The molecule has 1 heterocycles. The minimum atomic E-state index is -0.0977. The molecule has 0 saturated heterocycles. The summed E-state index contributed by atoms with van der Waals surface area (Å²) in [5.74, 6) is 0.858. The van der Waals surface area contributed by atoms with Crippen molar-refractivity contribution in [3.8, 4) is 11.4 Å². The first-order valence-corrected chi connectivity index (χ1v) is 11.0. The predicted molar refractivity (Wildman–Crippen MR) is 121 cm³/mol. The van der Waals surface area contributed by atoms with E-state index in [0.29, 0.717) is 18.1 Å². The molecule has 1 aromatic heterocycles. The van der Waals surface area contributed by atoms with Crippen LogP contribution < -0.4 is 5.32 Å². The van der Waals surface area contributed by atoms with E-state index in [1.807, 2.05) is 78.9 Å². The van der Waals surface area contributed by atoms with Crippen LogP contribution in [0.4, 0.5) is 5.69 Å². The number of amides is 1. The summed E-state index contributed by atoms with van der Waals surface area (Å²) < 4.78 is 6.28. The van der Waals surface area contributed by atoms with Crippen LogP contribution in [0, 0.1) is 0 Å². The number of benzene rings is 3. The summed E-state index contributed by atoms with van der Waals surface area (Å²) in [6, 6.07) is 25.5. The zero-order chi connectivity index (χ0) is 20.8. The Morgan fingerprint density at radius 2 is 1.70 bits per heavy atom. The second-order valence-corrected chi connectivity index (χ2v) is 8.51. The number of para-hydroxylation sites is 1. The maximum Gasteiger partial charge on any atom is 0.227 e. The van der Waals surface area contributed by atoms with Crippen LogP contribution in [-0.4, -0.2) is 16.0 Å². The number of aryl methyl sites for hydroxylation is 1. The average Bonchev–Trinajstić information content (AvgIpc) is 3.24. The summed E-state index contributed by atoms with van der Waals surface area (Å²) in [5, 5.41) is 6.99. The fourth-order valence-electron chi connectivity index (χ4n) is 2.78. The molecule has 0 unspecified atom stereocenters. The summed E-state index contributed by atoms with van der Waals surface area (Å²) in [6.07, 6.45) is 0.635. The molecule has 30 heavy (non-hydrogen) atoms. The molecule has 150 valence electrons. The molecule has 0 aliphatic carbocycles. The Morgan fingerprint density at radius 3 is 2.50 bits per heavy atom. The van der Waals surface area contributed by atoms with Crippen LogP contribution in [0.5, 0.6) is 0 Å². The highest BCUT2D eigenvalue weighted by Gasteiger charge is 2.12. The van der Waals surface area contributed by atoms with Crippen LogP contribution in [0.2, 0.25) is 0 Å². The molecule has 5 nitrogen and oxygen atoms in total. The molecule has 0 spiro atoms. The summed E-state index contributed by atoms with van der Waals surface area (Å²) >= 11 is 5.02. The van der Waals surface area contributed by atoms with Crippen LogP contribution in [-0.2, 0) is 11.2 Å². The SMILES string of the molecule is O=C(CCc1nc(-c2ccc(Br)cc2)no1)Nc1ccccc1Sc1ccccc1. The molecule has 1 N–H and O–H groups in total. The standard InChI is InChI=1S/C23H18BrN3O2S/c24-17-12-10-16(11-13-17)23-26-22(29-27-23)15-14-21(28)25-19-8-4-5-9-20(19)30-18-6-2-1-3-7-18/h1-13H,14-15H2,(H,25,28). The Hall–Kier alpha value is -2.90. The number of carbonyl (C=O) groups excluding carboxylic acids is 1. The summed E-state index contributed by atoms with van der Waals surface area (Å²) in [7, 11) is 0. The zero-order valence-corrected chi connectivity index (χ0v) is 18.3. The van der Waals surface area contributed by atoms with Gasteiger partial charge in [0, 0.05) is 32.7 Å². The number of aromatic nitrogens is 2. The number of nitrogens with one attached hydrogen (secondary N) is 1. The lowest BCUT2D eigenvalue weighted by molar-refractivity contribution is -0.116. The van der Waals surface area contributed by atoms with Crippen molar-refractivity contribution in [3.63, 3.8) is 0 Å². The molecule has 1 amide bonds. The first-order valence-electron chi connectivity index (χ1n) is 9.38. The van der Waals surface area contributed by atoms with Crippen molar-refractivity contribution in [3.05, 3.63) is 89.2 Å². The van der Waals surface area contributed by atoms with Crippen molar-refractivity contribution in [2.75, 3.05) is 5.32 Å². The fourth-order valence-corrected chi connectivity index (χ4v) is 3.97. The molecule has 0 atom stereocenters.